The summed E-state index contributed by atoms with van der Waals surface area (Å²) in [6.07, 6.45) is 0. The Kier molecular flexibility index (Phi) is 5.57. The maximum absolute atomic E-state index is 12.6. The number of furan rings is 1. The number of carbonyl (C=O) groups excluding carboxylic acids is 1. The second-order valence-electron chi connectivity index (χ2n) is 6.85. The second kappa shape index (κ2) is 8.52. The number of nitrogens with zero attached hydrogens (tertiary/aromatic N) is 1. The van der Waals surface area contributed by atoms with E-state index in [4.69, 9.17) is 39.8 Å². The Labute approximate surface area is 202 Å². The number of benzene rings is 3. The predicted molar refractivity (Wildman–Crippen MR) is 135 cm³/mol. The van der Waals surface area contributed by atoms with Crippen LogP contribution in [-0.2, 0) is 0 Å². The van der Waals surface area contributed by atoms with E-state index in [-0.39, 0.29) is 10.9 Å². The summed E-state index contributed by atoms with van der Waals surface area (Å²) in [6.45, 7) is 0. The van der Waals surface area contributed by atoms with Crippen LogP contribution in [0.15, 0.2) is 71.1 Å². The third kappa shape index (κ3) is 4.08. The summed E-state index contributed by atoms with van der Waals surface area (Å²) < 4.78 is 6.63. The summed E-state index contributed by atoms with van der Waals surface area (Å²) in [4.78, 5) is 17.3. The zero-order valence-electron chi connectivity index (χ0n) is 16.2. The Morgan fingerprint density at radius 1 is 1.03 bits per heavy atom. The van der Waals surface area contributed by atoms with E-state index in [0.29, 0.717) is 26.9 Å². The van der Waals surface area contributed by atoms with Gasteiger partial charge in [0.2, 0.25) is 0 Å². The molecule has 2 heterocycles. The first kappa shape index (κ1) is 20.9. The molecule has 5 aromatic rings. The molecule has 0 unspecified atom stereocenters. The van der Waals surface area contributed by atoms with E-state index in [9.17, 15) is 4.79 Å². The molecule has 9 heteroatoms. The summed E-state index contributed by atoms with van der Waals surface area (Å²) in [6, 6.07) is 20.2. The summed E-state index contributed by atoms with van der Waals surface area (Å²) in [5.41, 5.74) is 2.68. The molecule has 5 rings (SSSR count). The van der Waals surface area contributed by atoms with E-state index in [0.717, 1.165) is 20.6 Å². The number of hydrogen-bond donors (Lipinski definition) is 2. The molecule has 0 atom stereocenters. The summed E-state index contributed by atoms with van der Waals surface area (Å²) in [7, 11) is 0. The van der Waals surface area contributed by atoms with Crippen molar-refractivity contribution in [2.45, 2.75) is 0 Å². The maximum Gasteiger partial charge on any atom is 0.293 e. The van der Waals surface area contributed by atoms with E-state index in [2.05, 4.69) is 15.6 Å². The molecule has 0 radical (unpaired) electrons. The lowest BCUT2D eigenvalue weighted by molar-refractivity contribution is 0.0953. The third-order valence-electron chi connectivity index (χ3n) is 4.69. The minimum Gasteiger partial charge on any atom is -0.451 e. The van der Waals surface area contributed by atoms with Gasteiger partial charge in [0.05, 0.1) is 20.9 Å². The van der Waals surface area contributed by atoms with Crippen molar-refractivity contribution in [2.75, 3.05) is 5.32 Å². The van der Waals surface area contributed by atoms with Crippen molar-refractivity contribution in [3.05, 3.63) is 82.5 Å². The van der Waals surface area contributed by atoms with Crippen LogP contribution in [0, 0.1) is 0 Å². The highest BCUT2D eigenvalue weighted by atomic mass is 35.5. The average Bonchev–Trinajstić information content (AvgIpc) is 3.39. The lowest BCUT2D eigenvalue weighted by atomic mass is 10.2. The second-order valence-corrected chi connectivity index (χ2v) is 9.14. The van der Waals surface area contributed by atoms with Crippen LogP contribution in [0.5, 0.6) is 0 Å². The van der Waals surface area contributed by atoms with Crippen molar-refractivity contribution in [3.63, 3.8) is 0 Å². The smallest absolute Gasteiger partial charge is 0.293 e. The van der Waals surface area contributed by atoms with Crippen molar-refractivity contribution in [3.8, 4) is 10.6 Å². The van der Waals surface area contributed by atoms with Crippen LogP contribution in [-0.4, -0.2) is 16.0 Å². The number of hydrogen-bond acceptors (Lipinski definition) is 5. The Morgan fingerprint density at radius 3 is 2.62 bits per heavy atom. The zero-order valence-corrected chi connectivity index (χ0v) is 19.3. The van der Waals surface area contributed by atoms with Gasteiger partial charge in [-0.25, -0.2) is 4.98 Å². The number of thiazole rings is 1. The van der Waals surface area contributed by atoms with Crippen LogP contribution in [0.3, 0.4) is 0 Å². The first-order valence-corrected chi connectivity index (χ1v) is 11.4. The van der Waals surface area contributed by atoms with Crippen LogP contribution in [0.25, 0.3) is 31.8 Å². The lowest BCUT2D eigenvalue weighted by Gasteiger charge is -2.14. The van der Waals surface area contributed by atoms with Gasteiger partial charge in [0.25, 0.3) is 5.91 Å². The lowest BCUT2D eigenvalue weighted by Crippen LogP contribution is -2.34. The van der Waals surface area contributed by atoms with Crippen molar-refractivity contribution >= 4 is 84.6 Å². The number of rotatable bonds is 3. The molecular formula is C23H13Cl2N3O2S2. The standard InChI is InChI=1S/C23H13Cl2N3O2S2/c24-13-10-14(22-26-16-6-2-4-8-19(16)32-22)20(15(25)11-13)27-23(31)28-21(29)18-9-12-5-1-3-7-17(12)30-18/h1-11H,(H2,27,28,29,31). The Morgan fingerprint density at radius 2 is 1.81 bits per heavy atom. The van der Waals surface area contributed by atoms with Crippen molar-refractivity contribution in [1.82, 2.24) is 10.3 Å². The largest absolute Gasteiger partial charge is 0.451 e. The molecule has 3 aromatic carbocycles. The van der Waals surface area contributed by atoms with Gasteiger partial charge in [-0.1, -0.05) is 53.5 Å². The van der Waals surface area contributed by atoms with Crippen LogP contribution in [0.2, 0.25) is 10.0 Å². The Balaban J connectivity index is 1.43. The number of nitrogens with one attached hydrogen (secondary N) is 2. The van der Waals surface area contributed by atoms with Crippen LogP contribution < -0.4 is 10.6 Å². The molecule has 5 nitrogen and oxygen atoms in total. The molecule has 2 N–H and O–H groups in total. The van der Waals surface area contributed by atoms with Gasteiger partial charge in [-0.3, -0.25) is 10.1 Å². The van der Waals surface area contributed by atoms with Crippen LogP contribution in [0.4, 0.5) is 5.69 Å². The monoisotopic (exact) mass is 497 g/mol. The third-order valence-corrected chi connectivity index (χ3v) is 6.48. The molecule has 0 spiro atoms. The number of amides is 1. The zero-order chi connectivity index (χ0) is 22.2. The van der Waals surface area contributed by atoms with Gasteiger partial charge >= 0.3 is 0 Å². The van der Waals surface area contributed by atoms with E-state index in [1.54, 1.807) is 24.3 Å². The first-order valence-electron chi connectivity index (χ1n) is 9.44. The van der Waals surface area contributed by atoms with Crippen molar-refractivity contribution < 1.29 is 9.21 Å². The minimum absolute atomic E-state index is 0.0713. The highest BCUT2D eigenvalue weighted by Crippen LogP contribution is 2.40. The fraction of sp³-hybridized carbons (Fsp3) is 0. The molecular weight excluding hydrogens is 485 g/mol. The van der Waals surface area contributed by atoms with Crippen LogP contribution >= 0.6 is 46.8 Å². The van der Waals surface area contributed by atoms with Gasteiger partial charge in [-0.2, -0.15) is 0 Å². The highest BCUT2D eigenvalue weighted by Gasteiger charge is 2.18. The summed E-state index contributed by atoms with van der Waals surface area (Å²) in [5, 5.41) is 8.09. The molecule has 0 aliphatic carbocycles. The molecule has 0 saturated carbocycles. The summed E-state index contributed by atoms with van der Waals surface area (Å²) in [5.74, 6) is -0.311. The molecule has 0 fully saturated rings. The minimum atomic E-state index is -0.467. The molecule has 0 bridgehead atoms. The van der Waals surface area contributed by atoms with E-state index in [1.807, 2.05) is 42.5 Å². The van der Waals surface area contributed by atoms with Crippen molar-refractivity contribution in [1.29, 1.82) is 0 Å². The molecule has 1 amide bonds. The maximum atomic E-state index is 12.6. The fourth-order valence-electron chi connectivity index (χ4n) is 3.26. The van der Waals surface area contributed by atoms with E-state index < -0.39 is 5.91 Å². The van der Waals surface area contributed by atoms with E-state index >= 15 is 0 Å². The molecule has 0 aliphatic rings. The fourth-order valence-corrected chi connectivity index (χ4v) is 4.98. The number of thiocarbonyl (C=S) groups is 1. The SMILES string of the molecule is O=C(NC(=S)Nc1c(Cl)cc(Cl)cc1-c1nc2ccccc2s1)c1cc2ccccc2o1. The van der Waals surface area contributed by atoms with Crippen molar-refractivity contribution in [2.24, 2.45) is 0 Å². The molecule has 158 valence electrons. The van der Waals surface area contributed by atoms with Gasteiger partial charge in [0, 0.05) is 16.0 Å². The average molecular weight is 498 g/mol. The van der Waals surface area contributed by atoms with E-state index in [1.165, 1.54) is 11.3 Å². The summed E-state index contributed by atoms with van der Waals surface area (Å²) >= 11 is 19.6. The Bertz CT molecular complexity index is 1440. The highest BCUT2D eigenvalue weighted by molar-refractivity contribution is 7.80. The normalized spacial score (nSPS) is 11.1. The molecule has 0 saturated heterocycles. The topological polar surface area (TPSA) is 67.2 Å². The molecule has 2 aromatic heterocycles. The first-order chi connectivity index (χ1) is 15.5. The van der Waals surface area contributed by atoms with Gasteiger partial charge in [0.15, 0.2) is 10.9 Å². The number of halogens is 2. The predicted octanol–water partition coefficient (Wildman–Crippen LogP) is 7.14. The number of para-hydroxylation sites is 2. The molecule has 32 heavy (non-hydrogen) atoms. The number of carbonyl (C=O) groups is 1. The van der Waals surface area contributed by atoms with Crippen LogP contribution in [0.1, 0.15) is 10.6 Å². The number of aromatic nitrogens is 1. The molecule has 0 aliphatic heterocycles. The number of anilines is 1. The quantitative estimate of drug-likeness (QED) is 0.259. The van der Waals surface area contributed by atoms with Gasteiger partial charge in [-0.15, -0.1) is 11.3 Å². The van der Waals surface area contributed by atoms with Gasteiger partial charge < -0.3 is 9.73 Å². The van der Waals surface area contributed by atoms with Gasteiger partial charge in [-0.05, 0) is 48.6 Å². The van der Waals surface area contributed by atoms with Gasteiger partial charge in [0.1, 0.15) is 10.6 Å². The Hall–Kier alpha value is -2.97. The number of fused-ring (bicyclic) bond motifs is 2.